The minimum atomic E-state index is -0.496. The lowest BCUT2D eigenvalue weighted by molar-refractivity contribution is -0.136. The van der Waals surface area contributed by atoms with E-state index in [1.54, 1.807) is 23.1 Å². The predicted octanol–water partition coefficient (Wildman–Crippen LogP) is 2.14. The van der Waals surface area contributed by atoms with Gasteiger partial charge in [0.05, 0.1) is 12.6 Å². The number of benzene rings is 1. The summed E-state index contributed by atoms with van der Waals surface area (Å²) in [6.45, 7) is 0.832. The molecule has 150 valence electrons. The number of aliphatic hydroxyl groups is 1. The average molecular weight is 407 g/mol. The number of carbonyl (C=O) groups is 2. The number of urea groups is 1. The maximum absolute atomic E-state index is 12.9. The van der Waals surface area contributed by atoms with Gasteiger partial charge >= 0.3 is 6.03 Å². The van der Waals surface area contributed by atoms with Crippen LogP contribution in [0.3, 0.4) is 0 Å². The van der Waals surface area contributed by atoms with Gasteiger partial charge in [0.1, 0.15) is 12.3 Å². The fourth-order valence-electron chi connectivity index (χ4n) is 3.83. The Morgan fingerprint density at radius 1 is 1.32 bits per heavy atom. The molecule has 2 aliphatic rings. The van der Waals surface area contributed by atoms with Crippen molar-refractivity contribution >= 4 is 34.5 Å². The van der Waals surface area contributed by atoms with Gasteiger partial charge < -0.3 is 24.7 Å². The van der Waals surface area contributed by atoms with Crippen molar-refractivity contribution in [2.75, 3.05) is 19.7 Å². The first-order valence-corrected chi connectivity index (χ1v) is 9.93. The molecule has 3 amide bonds. The van der Waals surface area contributed by atoms with E-state index in [0.717, 1.165) is 31.1 Å². The van der Waals surface area contributed by atoms with Gasteiger partial charge in [0.25, 0.3) is 0 Å². The third kappa shape index (κ3) is 3.93. The van der Waals surface area contributed by atoms with E-state index in [2.05, 4.69) is 10.5 Å². The van der Waals surface area contributed by atoms with Crippen LogP contribution in [0.25, 0.3) is 11.0 Å². The molecule has 1 saturated heterocycles. The number of aromatic nitrogens is 1. The molecule has 0 radical (unpaired) electrons. The van der Waals surface area contributed by atoms with Crippen molar-refractivity contribution in [3.05, 3.63) is 28.9 Å². The Kier molecular flexibility index (Phi) is 5.41. The van der Waals surface area contributed by atoms with E-state index in [-0.39, 0.29) is 30.6 Å². The van der Waals surface area contributed by atoms with Gasteiger partial charge in [0, 0.05) is 29.5 Å². The highest BCUT2D eigenvalue weighted by molar-refractivity contribution is 6.31. The van der Waals surface area contributed by atoms with Crippen LogP contribution in [0, 0.1) is 0 Å². The summed E-state index contributed by atoms with van der Waals surface area (Å²) in [6.07, 6.45) is 3.61. The number of rotatable bonds is 5. The summed E-state index contributed by atoms with van der Waals surface area (Å²) in [6, 6.07) is 5.25. The van der Waals surface area contributed by atoms with Crippen molar-refractivity contribution in [2.45, 2.75) is 44.3 Å². The van der Waals surface area contributed by atoms with Crippen molar-refractivity contribution in [1.82, 2.24) is 20.3 Å². The van der Waals surface area contributed by atoms with Crippen LogP contribution < -0.4 is 5.32 Å². The number of halogens is 1. The molecule has 1 atom stereocenters. The lowest BCUT2D eigenvalue weighted by Crippen LogP contribution is -2.55. The van der Waals surface area contributed by atoms with E-state index in [9.17, 15) is 9.59 Å². The Balaban J connectivity index is 1.44. The first-order valence-electron chi connectivity index (χ1n) is 9.55. The third-order valence-corrected chi connectivity index (χ3v) is 5.60. The molecule has 1 saturated carbocycles. The monoisotopic (exact) mass is 406 g/mol. The van der Waals surface area contributed by atoms with Crippen LogP contribution in [0.4, 0.5) is 4.79 Å². The van der Waals surface area contributed by atoms with Crippen LogP contribution >= 0.6 is 11.6 Å². The van der Waals surface area contributed by atoms with Crippen LogP contribution in [0.15, 0.2) is 22.7 Å². The second kappa shape index (κ2) is 7.97. The molecule has 28 heavy (non-hydrogen) atoms. The molecule has 0 spiro atoms. The van der Waals surface area contributed by atoms with Gasteiger partial charge in [-0.2, -0.15) is 0 Å². The number of hydrogen-bond acceptors (Lipinski definition) is 5. The quantitative estimate of drug-likeness (QED) is 0.792. The summed E-state index contributed by atoms with van der Waals surface area (Å²) in [7, 11) is 0. The van der Waals surface area contributed by atoms with Gasteiger partial charge in [0.2, 0.25) is 5.91 Å². The maximum atomic E-state index is 12.9. The summed E-state index contributed by atoms with van der Waals surface area (Å²) < 4.78 is 5.28. The Hall–Kier alpha value is -2.32. The zero-order valence-electron chi connectivity index (χ0n) is 15.4. The van der Waals surface area contributed by atoms with Gasteiger partial charge in [-0.15, -0.1) is 0 Å². The maximum Gasteiger partial charge on any atom is 0.318 e. The number of amides is 3. The highest BCUT2D eigenvalue weighted by Crippen LogP contribution is 2.31. The topological polar surface area (TPSA) is 98.9 Å². The zero-order chi connectivity index (χ0) is 19.7. The SMILES string of the molecule is O=C(CO)N1CCC[C@@H](N(C(=O)NCc2noc3ccc(Cl)cc23)C2CC2)C1. The number of piperidine rings is 1. The fourth-order valence-corrected chi connectivity index (χ4v) is 4.00. The van der Waals surface area contributed by atoms with Crippen LogP contribution in [-0.2, 0) is 11.3 Å². The molecule has 2 heterocycles. The van der Waals surface area contributed by atoms with E-state index in [1.807, 2.05) is 4.90 Å². The second-order valence-corrected chi connectivity index (χ2v) is 7.80. The normalized spacial score (nSPS) is 19.6. The lowest BCUT2D eigenvalue weighted by Gasteiger charge is -2.39. The minimum Gasteiger partial charge on any atom is -0.387 e. The van der Waals surface area contributed by atoms with Crippen molar-refractivity contribution < 1.29 is 19.2 Å². The number of carbonyl (C=O) groups excluding carboxylic acids is 2. The first-order chi connectivity index (χ1) is 13.6. The highest BCUT2D eigenvalue weighted by atomic mass is 35.5. The molecule has 8 nitrogen and oxygen atoms in total. The molecule has 1 aromatic heterocycles. The van der Waals surface area contributed by atoms with Crippen LogP contribution in [-0.4, -0.2) is 63.8 Å². The fraction of sp³-hybridized carbons (Fsp3) is 0.526. The molecule has 1 aliphatic heterocycles. The number of nitrogens with one attached hydrogen (secondary N) is 1. The molecule has 2 aromatic rings. The Labute approximate surface area is 167 Å². The number of hydrogen-bond donors (Lipinski definition) is 2. The Bertz CT molecular complexity index is 882. The zero-order valence-corrected chi connectivity index (χ0v) is 16.2. The first kappa shape index (κ1) is 19.0. The third-order valence-electron chi connectivity index (χ3n) is 5.37. The molecule has 2 N–H and O–H groups in total. The van der Waals surface area contributed by atoms with Gasteiger partial charge in [-0.25, -0.2) is 4.79 Å². The van der Waals surface area contributed by atoms with Crippen LogP contribution in [0.1, 0.15) is 31.4 Å². The van der Waals surface area contributed by atoms with Gasteiger partial charge in [-0.1, -0.05) is 16.8 Å². The van der Waals surface area contributed by atoms with E-state index < -0.39 is 6.61 Å². The van der Waals surface area contributed by atoms with Gasteiger partial charge in [-0.3, -0.25) is 4.79 Å². The Morgan fingerprint density at radius 2 is 2.14 bits per heavy atom. The second-order valence-electron chi connectivity index (χ2n) is 7.36. The summed E-state index contributed by atoms with van der Waals surface area (Å²) in [5, 5.41) is 17.5. The van der Waals surface area contributed by atoms with Crippen LogP contribution in [0.5, 0.6) is 0 Å². The highest BCUT2D eigenvalue weighted by Gasteiger charge is 2.39. The number of fused-ring (bicyclic) bond motifs is 1. The number of nitrogens with zero attached hydrogens (tertiary/aromatic N) is 3. The molecular formula is C19H23ClN4O4. The standard InChI is InChI=1S/C19H23ClN4O4/c20-12-3-6-17-15(8-12)16(22-28-17)9-21-19(27)24(13-4-5-13)14-2-1-7-23(10-14)18(26)11-25/h3,6,8,13-14,25H,1-2,4-5,7,9-11H2,(H,21,27)/t14-/m1/s1. The molecule has 2 fully saturated rings. The summed E-state index contributed by atoms with van der Waals surface area (Å²) in [4.78, 5) is 28.3. The average Bonchev–Trinajstić information content (AvgIpc) is 3.46. The number of likely N-dealkylation sites (tertiary alicyclic amines) is 1. The van der Waals surface area contributed by atoms with Crippen molar-refractivity contribution in [3.63, 3.8) is 0 Å². The van der Waals surface area contributed by atoms with Gasteiger partial charge in [0.15, 0.2) is 5.58 Å². The molecule has 9 heteroatoms. The van der Waals surface area contributed by atoms with E-state index >= 15 is 0 Å². The minimum absolute atomic E-state index is 0.0414. The molecule has 1 aliphatic carbocycles. The largest absolute Gasteiger partial charge is 0.387 e. The van der Waals surface area contributed by atoms with E-state index in [4.69, 9.17) is 21.2 Å². The smallest absolute Gasteiger partial charge is 0.318 e. The molecule has 0 unspecified atom stereocenters. The molecule has 0 bridgehead atoms. The van der Waals surface area contributed by atoms with Crippen LogP contribution in [0.2, 0.25) is 5.02 Å². The molecule has 1 aromatic carbocycles. The van der Waals surface area contributed by atoms with E-state index in [0.29, 0.717) is 29.4 Å². The molecule has 4 rings (SSSR count). The lowest BCUT2D eigenvalue weighted by atomic mass is 10.0. The predicted molar refractivity (Wildman–Crippen MR) is 103 cm³/mol. The van der Waals surface area contributed by atoms with E-state index in [1.165, 1.54) is 0 Å². The molecular weight excluding hydrogens is 384 g/mol. The Morgan fingerprint density at radius 3 is 2.89 bits per heavy atom. The van der Waals surface area contributed by atoms with Crippen molar-refractivity contribution in [1.29, 1.82) is 0 Å². The number of aliphatic hydroxyl groups excluding tert-OH is 1. The van der Waals surface area contributed by atoms with Crippen molar-refractivity contribution in [3.8, 4) is 0 Å². The summed E-state index contributed by atoms with van der Waals surface area (Å²) >= 11 is 6.05. The van der Waals surface area contributed by atoms with Gasteiger partial charge in [-0.05, 0) is 43.9 Å². The summed E-state index contributed by atoms with van der Waals surface area (Å²) in [5.41, 5.74) is 1.25. The summed E-state index contributed by atoms with van der Waals surface area (Å²) in [5.74, 6) is -0.285. The van der Waals surface area contributed by atoms with Crippen molar-refractivity contribution in [2.24, 2.45) is 0 Å².